The van der Waals surface area contributed by atoms with Gasteiger partial charge in [0.15, 0.2) is 0 Å². The Kier molecular flexibility index (Phi) is 3.16. The monoisotopic (exact) mass is 394 g/mol. The molecule has 146 valence electrons. The Morgan fingerprint density at radius 3 is 1.94 bits per heavy atom. The summed E-state index contributed by atoms with van der Waals surface area (Å²) in [5.41, 5.74) is 5.66. The largest absolute Gasteiger partial charge is 0.0616 e. The Bertz CT molecular complexity index is 1700. The summed E-state index contributed by atoms with van der Waals surface area (Å²) in [6.07, 6.45) is 0. The van der Waals surface area contributed by atoms with Crippen molar-refractivity contribution in [3.8, 4) is 11.1 Å². The van der Waals surface area contributed by atoms with Crippen LogP contribution in [0.15, 0.2) is 97.1 Å². The SMILES string of the molecule is CC1(C)c2cc3c(ccc4ccccc43)cc2-c2c1ccc1cc3ccccc3cc21. The molecule has 0 amide bonds. The molecule has 6 aromatic carbocycles. The molecule has 0 heteroatoms. The van der Waals surface area contributed by atoms with Crippen molar-refractivity contribution >= 4 is 43.1 Å². The van der Waals surface area contributed by atoms with E-state index in [0.717, 1.165) is 0 Å². The van der Waals surface area contributed by atoms with Crippen LogP contribution in [0.25, 0.3) is 54.2 Å². The zero-order chi connectivity index (χ0) is 20.7. The van der Waals surface area contributed by atoms with Gasteiger partial charge in [-0.25, -0.2) is 0 Å². The maximum atomic E-state index is 2.46. The fraction of sp³-hybridized carbons (Fsp3) is 0.0968. The van der Waals surface area contributed by atoms with Gasteiger partial charge in [-0.15, -0.1) is 0 Å². The molecule has 0 atom stereocenters. The third-order valence-electron chi connectivity index (χ3n) is 7.39. The summed E-state index contributed by atoms with van der Waals surface area (Å²) >= 11 is 0. The van der Waals surface area contributed by atoms with Crippen LogP contribution in [0.4, 0.5) is 0 Å². The van der Waals surface area contributed by atoms with Crippen LogP contribution in [0, 0.1) is 0 Å². The lowest BCUT2D eigenvalue weighted by molar-refractivity contribution is 0.662. The Hall–Kier alpha value is -3.64. The molecule has 0 fully saturated rings. The van der Waals surface area contributed by atoms with Crippen LogP contribution in [0.5, 0.6) is 0 Å². The van der Waals surface area contributed by atoms with E-state index in [0.29, 0.717) is 0 Å². The third kappa shape index (κ3) is 2.20. The highest BCUT2D eigenvalue weighted by atomic mass is 14.4. The van der Waals surface area contributed by atoms with Crippen molar-refractivity contribution in [3.05, 3.63) is 108 Å². The van der Waals surface area contributed by atoms with Gasteiger partial charge >= 0.3 is 0 Å². The van der Waals surface area contributed by atoms with Crippen LogP contribution in [0.2, 0.25) is 0 Å². The van der Waals surface area contributed by atoms with Crippen molar-refractivity contribution < 1.29 is 0 Å². The molecule has 1 aliphatic carbocycles. The Morgan fingerprint density at radius 2 is 1.10 bits per heavy atom. The van der Waals surface area contributed by atoms with Gasteiger partial charge in [-0.2, -0.15) is 0 Å². The summed E-state index contributed by atoms with van der Waals surface area (Å²) < 4.78 is 0. The summed E-state index contributed by atoms with van der Waals surface area (Å²) in [5, 5.41) is 10.6. The van der Waals surface area contributed by atoms with E-state index >= 15 is 0 Å². The van der Waals surface area contributed by atoms with Crippen LogP contribution in [0.1, 0.15) is 25.0 Å². The molecule has 0 aromatic heterocycles. The molecule has 0 saturated carbocycles. The number of benzene rings is 6. The molecule has 0 saturated heterocycles. The van der Waals surface area contributed by atoms with Crippen molar-refractivity contribution in [2.45, 2.75) is 19.3 Å². The average Bonchev–Trinajstić information content (AvgIpc) is 3.03. The van der Waals surface area contributed by atoms with E-state index in [-0.39, 0.29) is 5.41 Å². The second kappa shape index (κ2) is 5.74. The normalized spacial score (nSPS) is 14.4. The van der Waals surface area contributed by atoms with Crippen LogP contribution < -0.4 is 0 Å². The van der Waals surface area contributed by atoms with Gasteiger partial charge < -0.3 is 0 Å². The van der Waals surface area contributed by atoms with Gasteiger partial charge in [-0.05, 0) is 89.6 Å². The number of rotatable bonds is 0. The highest BCUT2D eigenvalue weighted by molar-refractivity contribution is 6.13. The van der Waals surface area contributed by atoms with E-state index in [2.05, 4.69) is 111 Å². The Labute approximate surface area is 181 Å². The first-order valence-electron chi connectivity index (χ1n) is 11.0. The maximum Gasteiger partial charge on any atom is 0.0159 e. The average molecular weight is 395 g/mol. The minimum absolute atomic E-state index is 0.0182. The highest BCUT2D eigenvalue weighted by Gasteiger charge is 2.36. The summed E-state index contributed by atoms with van der Waals surface area (Å²) in [7, 11) is 0. The molecule has 6 aromatic rings. The summed E-state index contributed by atoms with van der Waals surface area (Å²) in [6.45, 7) is 4.75. The molecule has 0 N–H and O–H groups in total. The van der Waals surface area contributed by atoms with E-state index in [4.69, 9.17) is 0 Å². The van der Waals surface area contributed by atoms with Crippen molar-refractivity contribution in [2.24, 2.45) is 0 Å². The molecule has 31 heavy (non-hydrogen) atoms. The zero-order valence-corrected chi connectivity index (χ0v) is 17.7. The van der Waals surface area contributed by atoms with Crippen molar-refractivity contribution in [2.75, 3.05) is 0 Å². The van der Waals surface area contributed by atoms with Crippen LogP contribution in [-0.4, -0.2) is 0 Å². The first-order valence-corrected chi connectivity index (χ1v) is 11.0. The van der Waals surface area contributed by atoms with Gasteiger partial charge in [0.05, 0.1) is 0 Å². The summed E-state index contributed by atoms with van der Waals surface area (Å²) in [6, 6.07) is 36.2. The molecule has 0 bridgehead atoms. The molecule has 0 aliphatic heterocycles. The van der Waals surface area contributed by atoms with E-state index in [1.807, 2.05) is 0 Å². The Morgan fingerprint density at radius 1 is 0.452 bits per heavy atom. The molecule has 0 heterocycles. The van der Waals surface area contributed by atoms with Crippen molar-refractivity contribution in [3.63, 3.8) is 0 Å². The third-order valence-corrected chi connectivity index (χ3v) is 7.39. The van der Waals surface area contributed by atoms with Gasteiger partial charge in [-0.3, -0.25) is 0 Å². The molecule has 0 spiro atoms. The van der Waals surface area contributed by atoms with Gasteiger partial charge in [0.1, 0.15) is 0 Å². The molecule has 0 radical (unpaired) electrons. The molecule has 0 nitrogen and oxygen atoms in total. The molecule has 7 rings (SSSR count). The van der Waals surface area contributed by atoms with Crippen LogP contribution in [0.3, 0.4) is 0 Å². The van der Waals surface area contributed by atoms with E-state index in [1.165, 1.54) is 65.3 Å². The topological polar surface area (TPSA) is 0 Å². The molecular formula is C31H22. The first-order chi connectivity index (χ1) is 15.1. The zero-order valence-electron chi connectivity index (χ0n) is 17.7. The van der Waals surface area contributed by atoms with E-state index in [9.17, 15) is 0 Å². The standard InChI is InChI=1S/C31H22/c1-31(2)28-14-13-22-15-20-8-3-4-9-21(20)16-26(22)30(28)27-17-23-12-11-19-7-5-6-10-24(19)25(23)18-29(27)31/h3-18H,1-2H3. The van der Waals surface area contributed by atoms with Crippen molar-refractivity contribution in [1.29, 1.82) is 0 Å². The van der Waals surface area contributed by atoms with Gasteiger partial charge in [0.2, 0.25) is 0 Å². The second-order valence-corrected chi connectivity index (χ2v) is 9.44. The van der Waals surface area contributed by atoms with Crippen LogP contribution in [-0.2, 0) is 5.41 Å². The summed E-state index contributed by atoms with van der Waals surface area (Å²) in [5.74, 6) is 0. The first kappa shape index (κ1) is 17.1. The minimum atomic E-state index is -0.0182. The van der Waals surface area contributed by atoms with E-state index in [1.54, 1.807) is 0 Å². The minimum Gasteiger partial charge on any atom is -0.0616 e. The van der Waals surface area contributed by atoms with Crippen LogP contribution >= 0.6 is 0 Å². The van der Waals surface area contributed by atoms with Crippen molar-refractivity contribution in [1.82, 2.24) is 0 Å². The predicted octanol–water partition coefficient (Wildman–Crippen LogP) is 8.61. The highest BCUT2D eigenvalue weighted by Crippen LogP contribution is 2.53. The number of hydrogen-bond donors (Lipinski definition) is 0. The fourth-order valence-corrected chi connectivity index (χ4v) is 5.75. The Balaban J connectivity index is 1.63. The number of hydrogen-bond acceptors (Lipinski definition) is 0. The maximum absolute atomic E-state index is 2.46. The summed E-state index contributed by atoms with van der Waals surface area (Å²) in [4.78, 5) is 0. The lowest BCUT2D eigenvalue weighted by Crippen LogP contribution is -2.14. The molecule has 0 unspecified atom stereocenters. The lowest BCUT2D eigenvalue weighted by Gasteiger charge is -2.22. The van der Waals surface area contributed by atoms with Gasteiger partial charge in [-0.1, -0.05) is 86.6 Å². The van der Waals surface area contributed by atoms with E-state index < -0.39 is 0 Å². The predicted molar refractivity (Wildman–Crippen MR) is 134 cm³/mol. The lowest BCUT2D eigenvalue weighted by atomic mass is 9.81. The molecule has 1 aliphatic rings. The smallest absolute Gasteiger partial charge is 0.0159 e. The van der Waals surface area contributed by atoms with Gasteiger partial charge in [0, 0.05) is 5.41 Å². The second-order valence-electron chi connectivity index (χ2n) is 9.44. The molecular weight excluding hydrogens is 372 g/mol. The van der Waals surface area contributed by atoms with Gasteiger partial charge in [0.25, 0.3) is 0 Å². The quantitative estimate of drug-likeness (QED) is 0.179. The fourth-order valence-electron chi connectivity index (χ4n) is 5.75. The number of fused-ring (bicyclic) bond motifs is 9.